The summed E-state index contributed by atoms with van der Waals surface area (Å²) in [6.45, 7) is 0. The van der Waals surface area contributed by atoms with E-state index in [2.05, 4.69) is 0 Å². The van der Waals surface area contributed by atoms with Gasteiger partial charge < -0.3 is 14.6 Å². The molecular formula is C34H29ClN2O8. The lowest BCUT2D eigenvalue weighted by Crippen LogP contribution is -2.53. The SMILES string of the molecule is COc1cc(O)c([C@H]2C3=CC[C@@H]4C(=O)N(O)C(=O)[C@@H]4[C@@H]3C[C@H]3C(=O)N(c4cccc(Cl)c4)C(=O)[C@@]23c2ccccc2)c(OC)c1. The van der Waals surface area contributed by atoms with Crippen molar-refractivity contribution in [2.45, 2.75) is 24.2 Å². The second-order valence-corrected chi connectivity index (χ2v) is 12.3. The Balaban J connectivity index is 1.56. The Kier molecular flexibility index (Phi) is 6.75. The van der Waals surface area contributed by atoms with E-state index < -0.39 is 58.6 Å². The van der Waals surface area contributed by atoms with Crippen LogP contribution in [0.15, 0.2) is 78.4 Å². The molecule has 2 aliphatic carbocycles. The van der Waals surface area contributed by atoms with Crippen molar-refractivity contribution in [2.75, 3.05) is 19.1 Å². The van der Waals surface area contributed by atoms with Crippen molar-refractivity contribution in [3.05, 3.63) is 94.5 Å². The fourth-order valence-electron chi connectivity index (χ4n) is 8.21. The topological polar surface area (TPSA) is 134 Å². The fourth-order valence-corrected chi connectivity index (χ4v) is 8.39. The summed E-state index contributed by atoms with van der Waals surface area (Å²) < 4.78 is 11.2. The van der Waals surface area contributed by atoms with E-state index in [1.54, 1.807) is 60.7 Å². The normalized spacial score (nSPS) is 28.9. The largest absolute Gasteiger partial charge is 0.507 e. The molecule has 0 spiro atoms. The Morgan fingerprint density at radius 1 is 0.889 bits per heavy atom. The van der Waals surface area contributed by atoms with Crippen LogP contribution in [0.1, 0.15) is 29.9 Å². The molecule has 7 rings (SSSR count). The number of phenols is 1. The molecule has 1 saturated carbocycles. The zero-order valence-electron chi connectivity index (χ0n) is 24.3. The van der Waals surface area contributed by atoms with Crippen LogP contribution in [-0.4, -0.2) is 53.2 Å². The molecule has 2 aliphatic heterocycles. The van der Waals surface area contributed by atoms with Gasteiger partial charge in [-0.1, -0.05) is 59.6 Å². The van der Waals surface area contributed by atoms with Crippen LogP contribution in [0.5, 0.6) is 17.2 Å². The number of imide groups is 2. The highest BCUT2D eigenvalue weighted by atomic mass is 35.5. The number of methoxy groups -OCH3 is 2. The maximum Gasteiger partial charge on any atom is 0.257 e. The van der Waals surface area contributed by atoms with Crippen molar-refractivity contribution in [2.24, 2.45) is 23.7 Å². The summed E-state index contributed by atoms with van der Waals surface area (Å²) in [6.07, 6.45) is 2.00. The van der Waals surface area contributed by atoms with Crippen LogP contribution in [0.2, 0.25) is 5.02 Å². The molecule has 3 aromatic rings. The summed E-state index contributed by atoms with van der Waals surface area (Å²) in [5.41, 5.74) is 0.0863. The standard InChI is InChI=1S/C34H29ClN2O8/c1-44-20-14-25(38)28(26(15-20)45-2)29-21-11-12-22-27(32(41)37(43)30(22)39)23(21)16-24-31(40)36(19-10-6-9-18(35)13-19)33(42)34(24,29)17-7-4-3-5-8-17/h3-11,13-15,22-24,27,29,38,43H,12,16H2,1-2H3/t22-,23+,24-,27-,29+,34+/m0/s1. The highest BCUT2D eigenvalue weighted by Gasteiger charge is 2.71. The number of carbonyl (C=O) groups is 4. The van der Waals surface area contributed by atoms with E-state index in [0.717, 1.165) is 4.90 Å². The second kappa shape index (κ2) is 10.5. The zero-order chi connectivity index (χ0) is 31.8. The van der Waals surface area contributed by atoms with Crippen LogP contribution in [0.25, 0.3) is 0 Å². The molecule has 0 radical (unpaired) electrons. The van der Waals surface area contributed by atoms with E-state index in [1.165, 1.54) is 20.3 Å². The van der Waals surface area contributed by atoms with Crippen molar-refractivity contribution >= 4 is 40.9 Å². The van der Waals surface area contributed by atoms with Crippen LogP contribution in [0.4, 0.5) is 5.69 Å². The molecule has 4 amide bonds. The van der Waals surface area contributed by atoms with Gasteiger partial charge in [0.05, 0.1) is 43.1 Å². The Labute approximate surface area is 263 Å². The Bertz CT molecular complexity index is 1810. The Morgan fingerprint density at radius 3 is 2.33 bits per heavy atom. The van der Waals surface area contributed by atoms with Gasteiger partial charge in [0.2, 0.25) is 11.8 Å². The molecule has 10 nitrogen and oxygen atoms in total. The number of aromatic hydroxyl groups is 1. The predicted molar refractivity (Wildman–Crippen MR) is 161 cm³/mol. The number of carbonyl (C=O) groups excluding carboxylic acids is 4. The van der Waals surface area contributed by atoms with Crippen LogP contribution in [0, 0.1) is 23.7 Å². The molecule has 0 bridgehead atoms. The molecule has 4 aliphatic rings. The molecule has 11 heteroatoms. The van der Waals surface area contributed by atoms with Crippen LogP contribution < -0.4 is 14.4 Å². The fraction of sp³-hybridized carbons (Fsp3) is 0.294. The van der Waals surface area contributed by atoms with Gasteiger partial charge >= 0.3 is 0 Å². The van der Waals surface area contributed by atoms with Gasteiger partial charge in [0, 0.05) is 28.6 Å². The highest BCUT2D eigenvalue weighted by molar-refractivity contribution is 6.32. The second-order valence-electron chi connectivity index (χ2n) is 11.8. The number of nitrogens with zero attached hydrogens (tertiary/aromatic N) is 2. The van der Waals surface area contributed by atoms with Gasteiger partial charge in [-0.25, -0.2) is 4.90 Å². The average Bonchev–Trinajstić information content (AvgIpc) is 3.41. The smallest absolute Gasteiger partial charge is 0.257 e. The summed E-state index contributed by atoms with van der Waals surface area (Å²) in [4.78, 5) is 57.3. The summed E-state index contributed by atoms with van der Waals surface area (Å²) in [5, 5.41) is 22.6. The molecule has 45 heavy (non-hydrogen) atoms. The third-order valence-electron chi connectivity index (χ3n) is 9.98. The minimum absolute atomic E-state index is 0.0477. The monoisotopic (exact) mass is 628 g/mol. The maximum atomic E-state index is 15.2. The van der Waals surface area contributed by atoms with E-state index in [9.17, 15) is 24.7 Å². The Morgan fingerprint density at radius 2 is 1.64 bits per heavy atom. The van der Waals surface area contributed by atoms with Crippen molar-refractivity contribution in [1.29, 1.82) is 0 Å². The van der Waals surface area contributed by atoms with Crippen molar-refractivity contribution in [3.63, 3.8) is 0 Å². The maximum absolute atomic E-state index is 15.2. The first kappa shape index (κ1) is 29.1. The van der Waals surface area contributed by atoms with Gasteiger partial charge in [-0.3, -0.25) is 24.4 Å². The number of hydrogen-bond donors (Lipinski definition) is 2. The molecule has 2 heterocycles. The molecular weight excluding hydrogens is 600 g/mol. The minimum atomic E-state index is -1.60. The average molecular weight is 629 g/mol. The van der Waals surface area contributed by atoms with Crippen molar-refractivity contribution in [1.82, 2.24) is 5.06 Å². The first-order chi connectivity index (χ1) is 21.6. The highest BCUT2D eigenvalue weighted by Crippen LogP contribution is 2.66. The van der Waals surface area contributed by atoms with E-state index in [0.29, 0.717) is 21.9 Å². The molecule has 6 atom stereocenters. The molecule has 0 unspecified atom stereocenters. The van der Waals surface area contributed by atoms with Gasteiger partial charge in [0.1, 0.15) is 17.2 Å². The number of rotatable bonds is 5. The quantitative estimate of drug-likeness (QED) is 0.238. The molecule has 230 valence electrons. The lowest BCUT2D eigenvalue weighted by molar-refractivity contribution is -0.173. The van der Waals surface area contributed by atoms with Gasteiger partial charge in [0.15, 0.2) is 0 Å². The number of hydroxylamine groups is 2. The van der Waals surface area contributed by atoms with Gasteiger partial charge in [-0.15, -0.1) is 0 Å². The first-order valence-electron chi connectivity index (χ1n) is 14.6. The minimum Gasteiger partial charge on any atom is -0.507 e. The number of anilines is 1. The first-order valence-corrected chi connectivity index (χ1v) is 14.9. The number of allylic oxidation sites excluding steroid dienone is 2. The summed E-state index contributed by atoms with van der Waals surface area (Å²) >= 11 is 6.32. The number of phenolic OH excluding ortho intramolecular Hbond substituents is 1. The third-order valence-corrected chi connectivity index (χ3v) is 10.2. The molecule has 2 N–H and O–H groups in total. The van der Waals surface area contributed by atoms with Crippen LogP contribution in [0.3, 0.4) is 0 Å². The number of halogens is 1. The van der Waals surface area contributed by atoms with E-state index in [-0.39, 0.29) is 40.7 Å². The summed E-state index contributed by atoms with van der Waals surface area (Å²) in [7, 11) is 2.87. The van der Waals surface area contributed by atoms with E-state index >= 15 is 4.79 Å². The number of benzene rings is 3. The molecule has 0 aromatic heterocycles. The number of fused-ring (bicyclic) bond motifs is 4. The van der Waals surface area contributed by atoms with Crippen LogP contribution in [-0.2, 0) is 24.6 Å². The van der Waals surface area contributed by atoms with Crippen LogP contribution >= 0.6 is 11.6 Å². The lowest BCUT2D eigenvalue weighted by Gasteiger charge is -2.50. The third kappa shape index (κ3) is 3.91. The van der Waals surface area contributed by atoms with Gasteiger partial charge in [-0.2, -0.15) is 5.06 Å². The molecule has 2 saturated heterocycles. The number of hydrogen-bond acceptors (Lipinski definition) is 8. The molecule has 3 aromatic carbocycles. The van der Waals surface area contributed by atoms with E-state index in [4.69, 9.17) is 21.1 Å². The van der Waals surface area contributed by atoms with Crippen molar-refractivity contribution in [3.8, 4) is 17.2 Å². The molecule has 3 fully saturated rings. The van der Waals surface area contributed by atoms with Gasteiger partial charge in [-0.05, 0) is 42.5 Å². The summed E-state index contributed by atoms with van der Waals surface area (Å²) in [6, 6.07) is 18.4. The van der Waals surface area contributed by atoms with Crippen molar-refractivity contribution < 1.29 is 39.0 Å². The van der Waals surface area contributed by atoms with Gasteiger partial charge in [0.25, 0.3) is 11.8 Å². The Hall–Kier alpha value is -4.67. The zero-order valence-corrected chi connectivity index (χ0v) is 25.1. The lowest BCUT2D eigenvalue weighted by atomic mass is 9.49. The number of amides is 4. The van der Waals surface area contributed by atoms with E-state index in [1.807, 2.05) is 6.08 Å². The summed E-state index contributed by atoms with van der Waals surface area (Å²) in [5.74, 6) is -6.68. The number of ether oxygens (including phenoxy) is 2. The predicted octanol–water partition coefficient (Wildman–Crippen LogP) is 4.61.